The number of hydrogen-bond acceptors (Lipinski definition) is 2. The largest absolute Gasteiger partial charge is 0.393 e. The van der Waals surface area contributed by atoms with Gasteiger partial charge < -0.3 is 0 Å². The van der Waals surface area contributed by atoms with Gasteiger partial charge in [0.25, 0.3) is 0 Å². The molecule has 1 saturated heterocycles. The van der Waals surface area contributed by atoms with E-state index in [0.29, 0.717) is 25.1 Å². The van der Waals surface area contributed by atoms with Crippen molar-refractivity contribution in [3.8, 4) is 6.07 Å². The van der Waals surface area contributed by atoms with E-state index in [4.69, 9.17) is 5.26 Å². The number of benzene rings is 1. The smallest absolute Gasteiger partial charge is 0.298 e. The van der Waals surface area contributed by atoms with Gasteiger partial charge in [-0.3, -0.25) is 4.90 Å². The van der Waals surface area contributed by atoms with Crippen LogP contribution in [-0.2, 0) is 6.54 Å². The third-order valence-corrected chi connectivity index (χ3v) is 3.50. The van der Waals surface area contributed by atoms with Crippen molar-refractivity contribution in [2.24, 2.45) is 5.92 Å². The first-order valence-electron chi connectivity index (χ1n) is 6.28. The summed E-state index contributed by atoms with van der Waals surface area (Å²) >= 11 is 0. The van der Waals surface area contributed by atoms with E-state index in [1.54, 1.807) is 29.2 Å². The van der Waals surface area contributed by atoms with E-state index < -0.39 is 12.1 Å². The van der Waals surface area contributed by atoms with Gasteiger partial charge in [0.15, 0.2) is 0 Å². The fourth-order valence-electron chi connectivity index (χ4n) is 2.47. The van der Waals surface area contributed by atoms with Gasteiger partial charge in [-0.25, -0.2) is 0 Å². The molecule has 0 N–H and O–H groups in total. The second kappa shape index (κ2) is 5.62. The van der Waals surface area contributed by atoms with Gasteiger partial charge in [-0.1, -0.05) is 18.2 Å². The highest BCUT2D eigenvalue weighted by Crippen LogP contribution is 2.33. The van der Waals surface area contributed by atoms with Gasteiger partial charge >= 0.3 is 6.18 Å². The molecular weight excluding hydrogens is 253 g/mol. The van der Waals surface area contributed by atoms with Gasteiger partial charge in [-0.05, 0) is 31.0 Å². The van der Waals surface area contributed by atoms with Crippen LogP contribution in [-0.4, -0.2) is 24.2 Å². The number of likely N-dealkylation sites (tertiary alicyclic amines) is 1. The van der Waals surface area contributed by atoms with Crippen LogP contribution < -0.4 is 0 Å². The molecule has 19 heavy (non-hydrogen) atoms. The van der Waals surface area contributed by atoms with Crippen molar-refractivity contribution >= 4 is 0 Å². The molecule has 0 bridgehead atoms. The number of nitriles is 1. The lowest BCUT2D eigenvalue weighted by atomic mass is 9.96. The lowest BCUT2D eigenvalue weighted by molar-refractivity contribution is -0.187. The summed E-state index contributed by atoms with van der Waals surface area (Å²) in [6.07, 6.45) is -3.35. The minimum atomic E-state index is -4.12. The Morgan fingerprint density at radius 3 is 2.74 bits per heavy atom. The van der Waals surface area contributed by atoms with Crippen LogP contribution in [0.15, 0.2) is 24.3 Å². The van der Waals surface area contributed by atoms with Crippen LogP contribution >= 0.6 is 0 Å². The molecule has 0 aliphatic carbocycles. The van der Waals surface area contributed by atoms with Crippen molar-refractivity contribution in [2.75, 3.05) is 13.1 Å². The van der Waals surface area contributed by atoms with Crippen LogP contribution in [0.3, 0.4) is 0 Å². The Morgan fingerprint density at radius 2 is 2.05 bits per heavy atom. The molecule has 0 radical (unpaired) electrons. The minimum absolute atomic E-state index is 0.0310. The molecule has 1 aliphatic heterocycles. The van der Waals surface area contributed by atoms with Crippen molar-refractivity contribution in [3.63, 3.8) is 0 Å². The molecule has 1 aliphatic rings. The standard InChI is InChI=1S/C14H15F3N2/c15-14(16,17)13-6-3-7-19(10-13)9-12-5-2-1-4-11(12)8-18/h1-2,4-5,13H,3,6-7,9-10H2/t13-/m1/s1. The van der Waals surface area contributed by atoms with Gasteiger partial charge in [0, 0.05) is 13.1 Å². The molecular formula is C14H15F3N2. The van der Waals surface area contributed by atoms with Crippen molar-refractivity contribution in [1.82, 2.24) is 4.90 Å². The average Bonchev–Trinajstić information content (AvgIpc) is 2.39. The zero-order chi connectivity index (χ0) is 13.9. The van der Waals surface area contributed by atoms with Crippen LogP contribution in [0.4, 0.5) is 13.2 Å². The molecule has 0 amide bonds. The highest BCUT2D eigenvalue weighted by atomic mass is 19.4. The quantitative estimate of drug-likeness (QED) is 0.822. The summed E-state index contributed by atoms with van der Waals surface area (Å²) in [5.74, 6) is -1.24. The Hall–Kier alpha value is -1.54. The molecule has 1 heterocycles. The molecule has 0 unspecified atom stereocenters. The van der Waals surface area contributed by atoms with E-state index in [-0.39, 0.29) is 13.0 Å². The first-order chi connectivity index (χ1) is 9.00. The molecule has 0 saturated carbocycles. The third kappa shape index (κ3) is 3.48. The highest BCUT2D eigenvalue weighted by Gasteiger charge is 2.41. The van der Waals surface area contributed by atoms with Crippen molar-refractivity contribution in [1.29, 1.82) is 5.26 Å². The van der Waals surface area contributed by atoms with Gasteiger partial charge in [-0.15, -0.1) is 0 Å². The van der Waals surface area contributed by atoms with E-state index >= 15 is 0 Å². The van der Waals surface area contributed by atoms with Crippen LogP contribution in [0.2, 0.25) is 0 Å². The first-order valence-corrected chi connectivity index (χ1v) is 6.28. The summed E-state index contributed by atoms with van der Waals surface area (Å²) < 4.78 is 38.2. The van der Waals surface area contributed by atoms with Crippen LogP contribution in [0.5, 0.6) is 0 Å². The predicted molar refractivity (Wildman–Crippen MR) is 65.2 cm³/mol. The van der Waals surface area contributed by atoms with Crippen molar-refractivity contribution in [2.45, 2.75) is 25.6 Å². The van der Waals surface area contributed by atoms with Crippen LogP contribution in [0.25, 0.3) is 0 Å². The number of alkyl halides is 3. The average molecular weight is 268 g/mol. The maximum absolute atomic E-state index is 12.7. The van der Waals surface area contributed by atoms with Gasteiger partial charge in [0.2, 0.25) is 0 Å². The lowest BCUT2D eigenvalue weighted by Crippen LogP contribution is -2.41. The molecule has 0 aromatic heterocycles. The Balaban J connectivity index is 2.05. The number of piperidine rings is 1. The normalized spacial score (nSPS) is 21.1. The first kappa shape index (κ1) is 13.9. The third-order valence-electron chi connectivity index (χ3n) is 3.50. The number of rotatable bonds is 2. The SMILES string of the molecule is N#Cc1ccccc1CN1CCC[C@@H](C(F)(F)F)C1. The van der Waals surface area contributed by atoms with E-state index in [0.717, 1.165) is 5.56 Å². The van der Waals surface area contributed by atoms with Gasteiger partial charge in [0.05, 0.1) is 17.6 Å². The molecule has 1 atom stereocenters. The maximum Gasteiger partial charge on any atom is 0.393 e. The highest BCUT2D eigenvalue weighted by molar-refractivity contribution is 5.37. The molecule has 2 rings (SSSR count). The summed E-state index contributed by atoms with van der Waals surface area (Å²) in [6.45, 7) is 1.10. The van der Waals surface area contributed by atoms with E-state index in [1.165, 1.54) is 0 Å². The van der Waals surface area contributed by atoms with Crippen LogP contribution in [0.1, 0.15) is 24.0 Å². The summed E-state index contributed by atoms with van der Waals surface area (Å²) in [4.78, 5) is 1.79. The number of nitrogens with zero attached hydrogens (tertiary/aromatic N) is 2. The predicted octanol–water partition coefficient (Wildman–Crippen LogP) is 3.33. The number of halogens is 3. The Kier molecular flexibility index (Phi) is 4.11. The van der Waals surface area contributed by atoms with Crippen molar-refractivity contribution < 1.29 is 13.2 Å². The van der Waals surface area contributed by atoms with E-state index in [9.17, 15) is 13.2 Å². The molecule has 1 aromatic rings. The van der Waals surface area contributed by atoms with Gasteiger partial charge in [0.1, 0.15) is 0 Å². The summed E-state index contributed by atoms with van der Waals surface area (Å²) in [6, 6.07) is 9.14. The summed E-state index contributed by atoms with van der Waals surface area (Å²) in [5.41, 5.74) is 1.34. The molecule has 1 aromatic carbocycles. The molecule has 1 fully saturated rings. The zero-order valence-corrected chi connectivity index (χ0v) is 10.5. The van der Waals surface area contributed by atoms with Crippen LogP contribution in [0, 0.1) is 17.2 Å². The van der Waals surface area contributed by atoms with Crippen molar-refractivity contribution in [3.05, 3.63) is 35.4 Å². The fraction of sp³-hybridized carbons (Fsp3) is 0.500. The minimum Gasteiger partial charge on any atom is -0.298 e. The monoisotopic (exact) mass is 268 g/mol. The van der Waals surface area contributed by atoms with E-state index in [1.807, 2.05) is 0 Å². The second-order valence-corrected chi connectivity index (χ2v) is 4.88. The lowest BCUT2D eigenvalue weighted by Gasteiger charge is -2.33. The second-order valence-electron chi connectivity index (χ2n) is 4.88. The summed E-state index contributed by atoms with van der Waals surface area (Å²) in [7, 11) is 0. The Morgan fingerprint density at radius 1 is 1.32 bits per heavy atom. The van der Waals surface area contributed by atoms with Gasteiger partial charge in [-0.2, -0.15) is 18.4 Å². The van der Waals surface area contributed by atoms with E-state index in [2.05, 4.69) is 6.07 Å². The topological polar surface area (TPSA) is 27.0 Å². The Bertz CT molecular complexity index is 476. The number of hydrogen-bond donors (Lipinski definition) is 0. The maximum atomic E-state index is 12.7. The summed E-state index contributed by atoms with van der Waals surface area (Å²) in [5, 5.41) is 8.98. The Labute approximate surface area is 110 Å². The molecule has 2 nitrogen and oxygen atoms in total. The zero-order valence-electron chi connectivity index (χ0n) is 10.5. The molecule has 102 valence electrons. The molecule has 0 spiro atoms. The molecule has 5 heteroatoms. The fourth-order valence-corrected chi connectivity index (χ4v) is 2.47.